The predicted octanol–water partition coefficient (Wildman–Crippen LogP) is 4.27. The molecule has 0 saturated carbocycles. The maximum atomic E-state index is 12.1. The molecule has 0 spiro atoms. The molecule has 0 fully saturated rings. The third-order valence-electron chi connectivity index (χ3n) is 2.94. The fraction of sp³-hybridized carbons (Fsp3) is 0.133. The van der Waals surface area contributed by atoms with Crippen LogP contribution in [0.1, 0.15) is 17.3 Å². The first-order valence-corrected chi connectivity index (χ1v) is 7.88. The maximum absolute atomic E-state index is 12.1. The van der Waals surface area contributed by atoms with E-state index < -0.39 is 5.97 Å². The molecule has 3 rings (SSSR count). The van der Waals surface area contributed by atoms with Gasteiger partial charge in [0.15, 0.2) is 0 Å². The molecule has 22 heavy (non-hydrogen) atoms. The summed E-state index contributed by atoms with van der Waals surface area (Å²) in [7, 11) is 0. The van der Waals surface area contributed by atoms with Gasteiger partial charge in [0.25, 0.3) is 0 Å². The lowest BCUT2D eigenvalue weighted by Crippen LogP contribution is -2.05. The van der Waals surface area contributed by atoms with Crippen LogP contribution in [0.2, 0.25) is 5.28 Å². The van der Waals surface area contributed by atoms with Crippen molar-refractivity contribution in [2.24, 2.45) is 0 Å². The normalized spacial score (nSPS) is 10.6. The molecule has 3 aromatic rings. The van der Waals surface area contributed by atoms with Crippen LogP contribution in [-0.4, -0.2) is 22.5 Å². The molecule has 0 amide bonds. The summed E-state index contributed by atoms with van der Waals surface area (Å²) >= 11 is 7.30. The Morgan fingerprint density at radius 2 is 2.09 bits per heavy atom. The molecule has 0 atom stereocenters. The van der Waals surface area contributed by atoms with E-state index in [2.05, 4.69) is 15.3 Å². The Bertz CT molecular complexity index is 820. The van der Waals surface area contributed by atoms with Gasteiger partial charge >= 0.3 is 5.97 Å². The first kappa shape index (κ1) is 14.7. The molecule has 0 saturated heterocycles. The average Bonchev–Trinajstić information content (AvgIpc) is 2.92. The number of benzene rings is 1. The number of nitrogens with one attached hydrogen (secondary N) is 1. The van der Waals surface area contributed by atoms with Crippen molar-refractivity contribution in [2.45, 2.75) is 6.92 Å². The molecule has 0 aliphatic heterocycles. The Kier molecular flexibility index (Phi) is 4.22. The number of para-hydroxylation sites is 1. The van der Waals surface area contributed by atoms with Gasteiger partial charge in [-0.2, -0.15) is 4.98 Å². The first-order chi connectivity index (χ1) is 10.7. The van der Waals surface area contributed by atoms with E-state index in [0.29, 0.717) is 28.2 Å². The van der Waals surface area contributed by atoms with E-state index in [1.165, 1.54) is 11.3 Å². The number of halogens is 1. The highest BCUT2D eigenvalue weighted by atomic mass is 35.5. The van der Waals surface area contributed by atoms with Gasteiger partial charge in [-0.05, 0) is 30.7 Å². The van der Waals surface area contributed by atoms with Crippen LogP contribution in [0.15, 0.2) is 35.7 Å². The van der Waals surface area contributed by atoms with E-state index in [9.17, 15) is 4.79 Å². The van der Waals surface area contributed by atoms with Crippen molar-refractivity contribution in [2.75, 3.05) is 11.9 Å². The summed E-state index contributed by atoms with van der Waals surface area (Å²) in [4.78, 5) is 21.1. The lowest BCUT2D eigenvalue weighted by atomic mass is 10.2. The summed E-state index contributed by atoms with van der Waals surface area (Å²) in [5.41, 5.74) is 1.29. The van der Waals surface area contributed by atoms with E-state index in [4.69, 9.17) is 16.3 Å². The van der Waals surface area contributed by atoms with Gasteiger partial charge in [-0.3, -0.25) is 0 Å². The number of esters is 1. The number of hydrogen-bond acceptors (Lipinski definition) is 6. The van der Waals surface area contributed by atoms with E-state index in [1.807, 2.05) is 30.3 Å². The molecule has 0 aliphatic rings. The summed E-state index contributed by atoms with van der Waals surface area (Å²) in [5.74, 6) is 0.0984. The van der Waals surface area contributed by atoms with Crippen LogP contribution >= 0.6 is 22.9 Å². The Morgan fingerprint density at radius 3 is 2.82 bits per heavy atom. The van der Waals surface area contributed by atoms with E-state index in [-0.39, 0.29) is 5.28 Å². The zero-order valence-corrected chi connectivity index (χ0v) is 13.2. The van der Waals surface area contributed by atoms with Gasteiger partial charge in [0.05, 0.1) is 17.6 Å². The van der Waals surface area contributed by atoms with Crippen LogP contribution < -0.4 is 5.32 Å². The molecule has 112 valence electrons. The Labute approximate surface area is 135 Å². The SMILES string of the molecule is CCOC(=O)c1csc2nc(Cl)nc(Nc3ccccc3)c12. The van der Waals surface area contributed by atoms with Gasteiger partial charge in [0.2, 0.25) is 5.28 Å². The summed E-state index contributed by atoms with van der Waals surface area (Å²) in [5, 5.41) is 5.64. The highest BCUT2D eigenvalue weighted by Crippen LogP contribution is 2.33. The van der Waals surface area contributed by atoms with Crippen molar-refractivity contribution in [3.8, 4) is 0 Å². The van der Waals surface area contributed by atoms with Crippen molar-refractivity contribution in [1.82, 2.24) is 9.97 Å². The van der Waals surface area contributed by atoms with Crippen molar-refractivity contribution in [3.63, 3.8) is 0 Å². The lowest BCUT2D eigenvalue weighted by molar-refractivity contribution is 0.0529. The van der Waals surface area contributed by atoms with Crippen LogP contribution in [0.5, 0.6) is 0 Å². The summed E-state index contributed by atoms with van der Waals surface area (Å²) in [6.07, 6.45) is 0. The molecule has 1 aromatic carbocycles. The molecule has 0 unspecified atom stereocenters. The number of ether oxygens (including phenoxy) is 1. The molecule has 2 aromatic heterocycles. The quantitative estimate of drug-likeness (QED) is 0.570. The third-order valence-corrected chi connectivity index (χ3v) is 3.98. The van der Waals surface area contributed by atoms with E-state index in [1.54, 1.807) is 12.3 Å². The molecule has 0 radical (unpaired) electrons. The molecular weight excluding hydrogens is 322 g/mol. The van der Waals surface area contributed by atoms with Gasteiger partial charge < -0.3 is 10.1 Å². The Morgan fingerprint density at radius 1 is 1.32 bits per heavy atom. The van der Waals surface area contributed by atoms with Crippen molar-refractivity contribution >= 4 is 50.6 Å². The number of carbonyl (C=O) groups excluding carboxylic acids is 1. The largest absolute Gasteiger partial charge is 0.462 e. The lowest BCUT2D eigenvalue weighted by Gasteiger charge is -2.08. The molecule has 1 N–H and O–H groups in total. The van der Waals surface area contributed by atoms with Crippen LogP contribution in [0.3, 0.4) is 0 Å². The number of rotatable bonds is 4. The smallest absolute Gasteiger partial charge is 0.339 e. The molecule has 7 heteroatoms. The second-order valence-electron chi connectivity index (χ2n) is 4.38. The molecule has 0 bridgehead atoms. The predicted molar refractivity (Wildman–Crippen MR) is 88.1 cm³/mol. The monoisotopic (exact) mass is 333 g/mol. The summed E-state index contributed by atoms with van der Waals surface area (Å²) in [6, 6.07) is 9.53. The number of nitrogens with zero attached hydrogens (tertiary/aromatic N) is 2. The number of anilines is 2. The average molecular weight is 334 g/mol. The van der Waals surface area contributed by atoms with E-state index >= 15 is 0 Å². The van der Waals surface area contributed by atoms with Crippen LogP contribution in [0.4, 0.5) is 11.5 Å². The Balaban J connectivity index is 2.11. The second kappa shape index (κ2) is 6.29. The number of hydrogen-bond donors (Lipinski definition) is 1. The fourth-order valence-electron chi connectivity index (χ4n) is 2.02. The third kappa shape index (κ3) is 2.88. The van der Waals surface area contributed by atoms with Gasteiger partial charge in [-0.25, -0.2) is 9.78 Å². The minimum absolute atomic E-state index is 0.128. The Hall–Kier alpha value is -2.18. The van der Waals surface area contributed by atoms with Crippen molar-refractivity contribution in [3.05, 3.63) is 46.6 Å². The zero-order chi connectivity index (χ0) is 15.5. The topological polar surface area (TPSA) is 64.1 Å². The minimum atomic E-state index is -0.393. The van der Waals surface area contributed by atoms with Crippen molar-refractivity contribution in [1.29, 1.82) is 0 Å². The number of carbonyl (C=O) groups is 1. The molecule has 0 aliphatic carbocycles. The maximum Gasteiger partial charge on any atom is 0.339 e. The standard InChI is InChI=1S/C15H12ClN3O2S/c1-2-21-14(20)10-8-22-13-11(10)12(18-15(16)19-13)17-9-6-4-3-5-7-9/h3-8H,2H2,1H3,(H,17,18,19). The second-order valence-corrected chi connectivity index (χ2v) is 5.58. The van der Waals surface area contributed by atoms with Gasteiger partial charge in [-0.15, -0.1) is 11.3 Å². The minimum Gasteiger partial charge on any atom is -0.462 e. The zero-order valence-electron chi connectivity index (χ0n) is 11.7. The molecule has 2 heterocycles. The summed E-state index contributed by atoms with van der Waals surface area (Å²) in [6.45, 7) is 2.08. The van der Waals surface area contributed by atoms with Crippen LogP contribution in [0.25, 0.3) is 10.2 Å². The van der Waals surface area contributed by atoms with Gasteiger partial charge in [0, 0.05) is 11.1 Å². The number of fused-ring (bicyclic) bond motifs is 1. The van der Waals surface area contributed by atoms with Crippen molar-refractivity contribution < 1.29 is 9.53 Å². The van der Waals surface area contributed by atoms with Crippen LogP contribution in [0, 0.1) is 0 Å². The fourth-order valence-corrected chi connectivity index (χ4v) is 3.15. The number of aromatic nitrogens is 2. The highest BCUT2D eigenvalue weighted by Gasteiger charge is 2.19. The molecular formula is C15H12ClN3O2S. The highest BCUT2D eigenvalue weighted by molar-refractivity contribution is 7.17. The molecule has 5 nitrogen and oxygen atoms in total. The van der Waals surface area contributed by atoms with Crippen LogP contribution in [-0.2, 0) is 4.74 Å². The number of thiophene rings is 1. The van der Waals surface area contributed by atoms with Gasteiger partial charge in [-0.1, -0.05) is 18.2 Å². The first-order valence-electron chi connectivity index (χ1n) is 6.63. The van der Waals surface area contributed by atoms with Gasteiger partial charge in [0.1, 0.15) is 10.6 Å². The summed E-state index contributed by atoms with van der Waals surface area (Å²) < 4.78 is 5.08. The van der Waals surface area contributed by atoms with E-state index in [0.717, 1.165) is 5.69 Å².